The van der Waals surface area contributed by atoms with E-state index in [0.717, 1.165) is 19.5 Å². The van der Waals surface area contributed by atoms with Crippen LogP contribution >= 0.6 is 0 Å². The molecular weight excluding hydrogens is 268 g/mol. The smallest absolute Gasteiger partial charge is 0.220 e. The van der Waals surface area contributed by atoms with Crippen molar-refractivity contribution in [3.63, 3.8) is 0 Å². The maximum atomic E-state index is 11.9. The van der Waals surface area contributed by atoms with Gasteiger partial charge in [0.1, 0.15) is 11.5 Å². The third-order valence-electron chi connectivity index (χ3n) is 4.10. The summed E-state index contributed by atoms with van der Waals surface area (Å²) in [6.07, 6.45) is 3.87. The zero-order valence-electron chi connectivity index (χ0n) is 12.5. The quantitative estimate of drug-likeness (QED) is 0.749. The Hall–Kier alpha value is -1.75. The number of phenolic OH excluding ortho intramolecular Hbond substituents is 2. The van der Waals surface area contributed by atoms with E-state index >= 15 is 0 Å². The minimum absolute atomic E-state index is 0.000680. The summed E-state index contributed by atoms with van der Waals surface area (Å²) >= 11 is 0. The Labute approximate surface area is 125 Å². The molecule has 3 N–H and O–H groups in total. The molecule has 116 valence electrons. The van der Waals surface area contributed by atoms with E-state index in [1.165, 1.54) is 25.0 Å². The largest absolute Gasteiger partial charge is 0.508 e. The second-order valence-electron chi connectivity index (χ2n) is 5.72. The fourth-order valence-electron chi connectivity index (χ4n) is 2.69. The highest BCUT2D eigenvalue weighted by Gasteiger charge is 2.18. The summed E-state index contributed by atoms with van der Waals surface area (Å²) < 4.78 is 0. The lowest BCUT2D eigenvalue weighted by atomic mass is 10.1. The van der Waals surface area contributed by atoms with Gasteiger partial charge in [-0.2, -0.15) is 0 Å². The van der Waals surface area contributed by atoms with Gasteiger partial charge in [-0.1, -0.05) is 0 Å². The molecule has 1 fully saturated rings. The first-order chi connectivity index (χ1) is 10.1. The van der Waals surface area contributed by atoms with Crippen LogP contribution in [0.2, 0.25) is 0 Å². The lowest BCUT2D eigenvalue weighted by Crippen LogP contribution is -2.32. The van der Waals surface area contributed by atoms with Crippen molar-refractivity contribution in [2.45, 2.75) is 45.2 Å². The van der Waals surface area contributed by atoms with Crippen molar-refractivity contribution in [2.24, 2.45) is 0 Å². The molecular formula is C16H24N2O3. The van der Waals surface area contributed by atoms with Gasteiger partial charge in [-0.25, -0.2) is 0 Å². The number of hydrogen-bond acceptors (Lipinski definition) is 4. The van der Waals surface area contributed by atoms with E-state index in [2.05, 4.69) is 17.1 Å². The number of benzene rings is 1. The monoisotopic (exact) mass is 292 g/mol. The van der Waals surface area contributed by atoms with Gasteiger partial charge in [-0.3, -0.25) is 4.79 Å². The molecule has 2 rings (SSSR count). The number of amides is 1. The Morgan fingerprint density at radius 1 is 1.33 bits per heavy atom. The number of phenols is 2. The molecule has 1 atom stereocenters. The van der Waals surface area contributed by atoms with Gasteiger partial charge >= 0.3 is 0 Å². The molecule has 0 saturated carbocycles. The standard InChI is InChI=1S/C16H24N2O3/c1-12(18-8-2-3-9-18)4-7-16(21)17-11-13-5-6-14(19)10-15(13)20/h5-6,10,12,19-20H,2-4,7-9,11H2,1H3,(H,17,21)/t12-/m1/s1. The van der Waals surface area contributed by atoms with E-state index in [9.17, 15) is 15.0 Å². The second-order valence-corrected chi connectivity index (χ2v) is 5.72. The van der Waals surface area contributed by atoms with E-state index < -0.39 is 0 Å². The molecule has 1 aromatic carbocycles. The van der Waals surface area contributed by atoms with Crippen molar-refractivity contribution < 1.29 is 15.0 Å². The minimum Gasteiger partial charge on any atom is -0.508 e. The Bertz CT molecular complexity index is 484. The van der Waals surface area contributed by atoms with Gasteiger partial charge in [0.05, 0.1) is 0 Å². The van der Waals surface area contributed by atoms with Gasteiger partial charge in [0.25, 0.3) is 0 Å². The van der Waals surface area contributed by atoms with Crippen LogP contribution in [0.5, 0.6) is 11.5 Å². The number of rotatable bonds is 6. The summed E-state index contributed by atoms with van der Waals surface area (Å²) in [5, 5.41) is 21.7. The highest BCUT2D eigenvalue weighted by atomic mass is 16.3. The van der Waals surface area contributed by atoms with Gasteiger partial charge in [-0.05, 0) is 51.4 Å². The third-order valence-corrected chi connectivity index (χ3v) is 4.10. The molecule has 0 bridgehead atoms. The molecule has 0 aliphatic carbocycles. The average molecular weight is 292 g/mol. The van der Waals surface area contributed by atoms with Crippen LogP contribution in [0.3, 0.4) is 0 Å². The molecule has 0 aromatic heterocycles. The van der Waals surface area contributed by atoms with Crippen molar-refractivity contribution in [2.75, 3.05) is 13.1 Å². The predicted molar refractivity (Wildman–Crippen MR) is 81.1 cm³/mol. The molecule has 5 nitrogen and oxygen atoms in total. The number of nitrogens with zero attached hydrogens (tertiary/aromatic N) is 1. The molecule has 1 aliphatic rings. The van der Waals surface area contributed by atoms with Crippen molar-refractivity contribution >= 4 is 5.91 Å². The fourth-order valence-corrected chi connectivity index (χ4v) is 2.69. The second kappa shape index (κ2) is 7.31. The highest BCUT2D eigenvalue weighted by Crippen LogP contribution is 2.22. The van der Waals surface area contributed by atoms with Gasteiger partial charge in [-0.15, -0.1) is 0 Å². The number of carbonyl (C=O) groups excluding carboxylic acids is 1. The first-order valence-corrected chi connectivity index (χ1v) is 7.58. The topological polar surface area (TPSA) is 72.8 Å². The zero-order valence-corrected chi connectivity index (χ0v) is 12.5. The van der Waals surface area contributed by atoms with E-state index in [1.54, 1.807) is 6.07 Å². The van der Waals surface area contributed by atoms with Crippen LogP contribution in [0.15, 0.2) is 18.2 Å². The summed E-state index contributed by atoms with van der Waals surface area (Å²) in [6.45, 7) is 4.74. The lowest BCUT2D eigenvalue weighted by molar-refractivity contribution is -0.121. The molecule has 21 heavy (non-hydrogen) atoms. The minimum atomic E-state index is -0.00600. The van der Waals surface area contributed by atoms with Crippen molar-refractivity contribution in [3.8, 4) is 11.5 Å². The SMILES string of the molecule is C[C@H](CCC(=O)NCc1ccc(O)cc1O)N1CCCC1. The molecule has 0 unspecified atom stereocenters. The molecule has 1 aromatic rings. The molecule has 1 saturated heterocycles. The number of nitrogens with one attached hydrogen (secondary N) is 1. The lowest BCUT2D eigenvalue weighted by Gasteiger charge is -2.23. The van der Waals surface area contributed by atoms with Crippen LogP contribution in [0.4, 0.5) is 0 Å². The van der Waals surface area contributed by atoms with Crippen LogP contribution in [0, 0.1) is 0 Å². The molecule has 0 spiro atoms. The maximum Gasteiger partial charge on any atom is 0.220 e. The van der Waals surface area contributed by atoms with Crippen molar-refractivity contribution in [1.82, 2.24) is 10.2 Å². The van der Waals surface area contributed by atoms with E-state index in [-0.39, 0.29) is 24.0 Å². The normalized spacial score (nSPS) is 16.8. The van der Waals surface area contributed by atoms with Gasteiger partial charge < -0.3 is 20.4 Å². The molecule has 1 amide bonds. The van der Waals surface area contributed by atoms with Crippen LogP contribution in [0.1, 0.15) is 38.2 Å². The fraction of sp³-hybridized carbons (Fsp3) is 0.562. The zero-order chi connectivity index (χ0) is 15.2. The van der Waals surface area contributed by atoms with Crippen LogP contribution < -0.4 is 5.32 Å². The molecule has 5 heteroatoms. The maximum absolute atomic E-state index is 11.9. The van der Waals surface area contributed by atoms with Crippen LogP contribution in [0.25, 0.3) is 0 Å². The van der Waals surface area contributed by atoms with Crippen LogP contribution in [-0.2, 0) is 11.3 Å². The summed E-state index contributed by atoms with van der Waals surface area (Å²) in [7, 11) is 0. The van der Waals surface area contributed by atoms with E-state index in [4.69, 9.17) is 0 Å². The number of carbonyl (C=O) groups is 1. The molecule has 0 radical (unpaired) electrons. The van der Waals surface area contributed by atoms with Gasteiger partial charge in [0, 0.05) is 30.6 Å². The molecule has 1 aliphatic heterocycles. The number of likely N-dealkylation sites (tertiary alicyclic amines) is 1. The van der Waals surface area contributed by atoms with E-state index in [1.807, 2.05) is 0 Å². The Balaban J connectivity index is 1.71. The van der Waals surface area contributed by atoms with E-state index in [0.29, 0.717) is 18.0 Å². The van der Waals surface area contributed by atoms with Crippen LogP contribution in [-0.4, -0.2) is 40.2 Å². The Morgan fingerprint density at radius 2 is 2.05 bits per heavy atom. The number of hydrogen-bond donors (Lipinski definition) is 3. The Kier molecular flexibility index (Phi) is 5.44. The van der Waals surface area contributed by atoms with Crippen molar-refractivity contribution in [1.29, 1.82) is 0 Å². The van der Waals surface area contributed by atoms with Gasteiger partial charge in [0.2, 0.25) is 5.91 Å². The Morgan fingerprint density at radius 3 is 2.71 bits per heavy atom. The molecule has 1 heterocycles. The number of aromatic hydroxyl groups is 2. The summed E-state index contributed by atoms with van der Waals surface area (Å²) in [4.78, 5) is 14.3. The predicted octanol–water partition coefficient (Wildman–Crippen LogP) is 1.98. The third kappa shape index (κ3) is 4.63. The van der Waals surface area contributed by atoms with Crippen molar-refractivity contribution in [3.05, 3.63) is 23.8 Å². The average Bonchev–Trinajstić information content (AvgIpc) is 2.98. The summed E-state index contributed by atoms with van der Waals surface area (Å²) in [5.41, 5.74) is 0.605. The summed E-state index contributed by atoms with van der Waals surface area (Å²) in [5.74, 6) is 0.0104. The highest BCUT2D eigenvalue weighted by molar-refractivity contribution is 5.76. The summed E-state index contributed by atoms with van der Waals surface area (Å²) in [6, 6.07) is 4.83. The van der Waals surface area contributed by atoms with Gasteiger partial charge in [0.15, 0.2) is 0 Å². The first-order valence-electron chi connectivity index (χ1n) is 7.58. The first kappa shape index (κ1) is 15.6.